The average Bonchev–Trinajstić information content (AvgIpc) is 3.15. The molecule has 0 saturated heterocycles. The van der Waals surface area contributed by atoms with Gasteiger partial charge in [-0.1, -0.05) is 35.9 Å². The summed E-state index contributed by atoms with van der Waals surface area (Å²) in [6.07, 6.45) is 1.77. The highest BCUT2D eigenvalue weighted by Crippen LogP contribution is 2.26. The van der Waals surface area contributed by atoms with Crippen molar-refractivity contribution in [3.05, 3.63) is 71.1 Å². The van der Waals surface area contributed by atoms with Gasteiger partial charge in [0.25, 0.3) is 5.89 Å². The van der Waals surface area contributed by atoms with Crippen LogP contribution in [0.3, 0.4) is 0 Å². The van der Waals surface area contributed by atoms with E-state index in [9.17, 15) is 4.79 Å². The van der Waals surface area contributed by atoms with E-state index < -0.39 is 5.97 Å². The highest BCUT2D eigenvalue weighted by atomic mass is 16.5. The molecule has 0 N–H and O–H groups in total. The van der Waals surface area contributed by atoms with Gasteiger partial charge in [0.05, 0.1) is 5.57 Å². The Morgan fingerprint density at radius 2 is 2.04 bits per heavy atom. The zero-order valence-electron chi connectivity index (χ0n) is 14.1. The lowest BCUT2D eigenvalue weighted by Gasteiger charge is -2.16. The van der Waals surface area contributed by atoms with Crippen LogP contribution in [0.15, 0.2) is 58.5 Å². The van der Waals surface area contributed by atoms with Gasteiger partial charge in [0.15, 0.2) is 6.61 Å². The molecule has 0 spiro atoms. The number of carbonyl (C=O) groups is 1. The van der Waals surface area contributed by atoms with E-state index in [2.05, 4.69) is 10.2 Å². The Labute approximate surface area is 150 Å². The third-order valence-electron chi connectivity index (χ3n) is 3.95. The number of carbonyl (C=O) groups excluding carboxylic acids is 1. The van der Waals surface area contributed by atoms with Gasteiger partial charge in [-0.3, -0.25) is 0 Å². The van der Waals surface area contributed by atoms with E-state index >= 15 is 0 Å². The highest BCUT2D eigenvalue weighted by molar-refractivity contribution is 5.95. The summed E-state index contributed by atoms with van der Waals surface area (Å²) in [5.41, 5.74) is 3.22. The number of benzene rings is 2. The van der Waals surface area contributed by atoms with Gasteiger partial charge in [0.1, 0.15) is 12.4 Å². The van der Waals surface area contributed by atoms with Gasteiger partial charge >= 0.3 is 5.97 Å². The largest absolute Gasteiger partial charge is 0.488 e. The van der Waals surface area contributed by atoms with Crippen LogP contribution in [0.4, 0.5) is 0 Å². The quantitative estimate of drug-likeness (QED) is 0.671. The summed E-state index contributed by atoms with van der Waals surface area (Å²) in [5.74, 6) is 0.931. The van der Waals surface area contributed by atoms with E-state index in [4.69, 9.17) is 13.9 Å². The molecular formula is C20H16N2O4. The lowest BCUT2D eigenvalue weighted by molar-refractivity contribution is -0.141. The molecule has 1 aliphatic heterocycles. The number of hydrogen-bond acceptors (Lipinski definition) is 6. The van der Waals surface area contributed by atoms with E-state index in [0.717, 1.165) is 22.4 Å². The SMILES string of the molecule is Cc1cccc(-c2nnc(COC(=O)C3=Cc4ccccc4OC3)o2)c1. The molecule has 0 aliphatic carbocycles. The van der Waals surface area contributed by atoms with Gasteiger partial charge in [-0.05, 0) is 31.2 Å². The van der Waals surface area contributed by atoms with Crippen LogP contribution >= 0.6 is 0 Å². The number of hydrogen-bond donors (Lipinski definition) is 0. The highest BCUT2D eigenvalue weighted by Gasteiger charge is 2.19. The van der Waals surface area contributed by atoms with Crippen molar-refractivity contribution in [1.29, 1.82) is 0 Å². The number of esters is 1. The summed E-state index contributed by atoms with van der Waals surface area (Å²) in [6.45, 7) is 2.07. The number of aryl methyl sites for hydroxylation is 1. The smallest absolute Gasteiger partial charge is 0.338 e. The molecule has 0 radical (unpaired) electrons. The monoisotopic (exact) mass is 348 g/mol. The van der Waals surface area contributed by atoms with Gasteiger partial charge in [0.2, 0.25) is 5.89 Å². The van der Waals surface area contributed by atoms with Crippen LogP contribution in [0.5, 0.6) is 5.75 Å². The second-order valence-electron chi connectivity index (χ2n) is 5.94. The number of aromatic nitrogens is 2. The van der Waals surface area contributed by atoms with Crippen molar-refractivity contribution in [1.82, 2.24) is 10.2 Å². The van der Waals surface area contributed by atoms with Crippen molar-refractivity contribution in [2.45, 2.75) is 13.5 Å². The summed E-state index contributed by atoms with van der Waals surface area (Å²) in [6, 6.07) is 15.3. The normalized spacial score (nSPS) is 12.7. The Morgan fingerprint density at radius 3 is 2.92 bits per heavy atom. The molecular weight excluding hydrogens is 332 g/mol. The summed E-state index contributed by atoms with van der Waals surface area (Å²) >= 11 is 0. The van der Waals surface area contributed by atoms with Crippen LogP contribution in [-0.2, 0) is 16.1 Å². The number of fused-ring (bicyclic) bond motifs is 1. The number of para-hydroxylation sites is 1. The fourth-order valence-electron chi connectivity index (χ4n) is 2.66. The maximum atomic E-state index is 12.2. The molecule has 0 saturated carbocycles. The number of rotatable bonds is 4. The van der Waals surface area contributed by atoms with E-state index in [1.807, 2.05) is 55.5 Å². The molecule has 2 aromatic carbocycles. The molecule has 0 amide bonds. The first-order valence-electron chi connectivity index (χ1n) is 8.18. The minimum atomic E-state index is -0.463. The third kappa shape index (κ3) is 3.35. The maximum absolute atomic E-state index is 12.2. The second kappa shape index (κ2) is 6.84. The molecule has 0 bridgehead atoms. The van der Waals surface area contributed by atoms with Crippen LogP contribution in [0.25, 0.3) is 17.5 Å². The lowest BCUT2D eigenvalue weighted by Crippen LogP contribution is -2.17. The molecule has 6 heteroatoms. The molecule has 26 heavy (non-hydrogen) atoms. The van der Waals surface area contributed by atoms with E-state index in [-0.39, 0.29) is 19.1 Å². The zero-order chi connectivity index (χ0) is 17.9. The fraction of sp³-hybridized carbons (Fsp3) is 0.150. The van der Waals surface area contributed by atoms with E-state index in [1.54, 1.807) is 6.08 Å². The van der Waals surface area contributed by atoms with Crippen LogP contribution < -0.4 is 4.74 Å². The fourth-order valence-corrected chi connectivity index (χ4v) is 2.66. The van der Waals surface area contributed by atoms with Crippen LogP contribution in [0, 0.1) is 6.92 Å². The number of nitrogens with zero attached hydrogens (tertiary/aromatic N) is 2. The van der Waals surface area contributed by atoms with E-state index in [1.165, 1.54) is 0 Å². The van der Waals surface area contributed by atoms with Gasteiger partial charge in [-0.2, -0.15) is 0 Å². The number of ether oxygens (including phenoxy) is 2. The molecule has 2 heterocycles. The maximum Gasteiger partial charge on any atom is 0.338 e. The summed E-state index contributed by atoms with van der Waals surface area (Å²) < 4.78 is 16.4. The summed E-state index contributed by atoms with van der Waals surface area (Å²) in [4.78, 5) is 12.2. The predicted molar refractivity (Wildman–Crippen MR) is 94.2 cm³/mol. The second-order valence-corrected chi connectivity index (χ2v) is 5.94. The summed E-state index contributed by atoms with van der Waals surface area (Å²) in [7, 11) is 0. The van der Waals surface area contributed by atoms with Gasteiger partial charge in [-0.15, -0.1) is 10.2 Å². The molecule has 0 fully saturated rings. The van der Waals surface area contributed by atoms with E-state index in [0.29, 0.717) is 11.5 Å². The van der Waals surface area contributed by atoms with Crippen molar-refractivity contribution in [3.63, 3.8) is 0 Å². The Hall–Kier alpha value is -3.41. The zero-order valence-corrected chi connectivity index (χ0v) is 14.1. The Morgan fingerprint density at radius 1 is 1.15 bits per heavy atom. The van der Waals surface area contributed by atoms with Crippen molar-refractivity contribution in [3.8, 4) is 17.2 Å². The molecule has 4 rings (SSSR count). The first-order chi connectivity index (χ1) is 12.7. The Balaban J connectivity index is 1.42. The van der Waals surface area contributed by atoms with Crippen LogP contribution in [0.1, 0.15) is 17.0 Å². The predicted octanol–water partition coefficient (Wildman–Crippen LogP) is 3.56. The third-order valence-corrected chi connectivity index (χ3v) is 3.95. The molecule has 1 aliphatic rings. The van der Waals surface area contributed by atoms with Gasteiger partial charge in [-0.25, -0.2) is 4.79 Å². The minimum absolute atomic E-state index is 0.0867. The van der Waals surface area contributed by atoms with Crippen molar-refractivity contribution >= 4 is 12.0 Å². The first-order valence-corrected chi connectivity index (χ1v) is 8.18. The van der Waals surface area contributed by atoms with Gasteiger partial charge in [0, 0.05) is 11.1 Å². The Bertz CT molecular complexity index is 991. The minimum Gasteiger partial charge on any atom is -0.488 e. The molecule has 0 unspecified atom stereocenters. The first kappa shape index (κ1) is 16.1. The molecule has 0 atom stereocenters. The standard InChI is InChI=1S/C20H16N2O4/c1-13-5-4-7-15(9-13)19-22-21-18(26-19)12-25-20(23)16-10-14-6-2-3-8-17(14)24-11-16/h2-10H,11-12H2,1H3. The average molecular weight is 348 g/mol. The Kier molecular flexibility index (Phi) is 4.23. The topological polar surface area (TPSA) is 74.5 Å². The molecule has 130 valence electrons. The van der Waals surface area contributed by atoms with Gasteiger partial charge < -0.3 is 13.9 Å². The van der Waals surface area contributed by atoms with Crippen LogP contribution in [0.2, 0.25) is 0 Å². The van der Waals surface area contributed by atoms with Crippen LogP contribution in [-0.4, -0.2) is 22.8 Å². The molecule has 6 nitrogen and oxygen atoms in total. The van der Waals surface area contributed by atoms with Crippen molar-refractivity contribution in [2.75, 3.05) is 6.61 Å². The lowest BCUT2D eigenvalue weighted by atomic mass is 10.1. The van der Waals surface area contributed by atoms with Crippen molar-refractivity contribution < 1.29 is 18.7 Å². The summed E-state index contributed by atoms with van der Waals surface area (Å²) in [5, 5.41) is 7.93. The molecule has 1 aromatic heterocycles. The molecule has 3 aromatic rings. The van der Waals surface area contributed by atoms with Crippen molar-refractivity contribution in [2.24, 2.45) is 0 Å².